The van der Waals surface area contributed by atoms with Crippen LogP contribution in [0, 0.1) is 11.3 Å². The minimum atomic E-state index is -0.702. The van der Waals surface area contributed by atoms with Gasteiger partial charge in [-0.25, -0.2) is 10.2 Å². The molecule has 0 saturated heterocycles. The summed E-state index contributed by atoms with van der Waals surface area (Å²) in [5, 5.41) is 12.1. The number of nitrogens with two attached hydrogens (primary N) is 1. The van der Waals surface area contributed by atoms with E-state index >= 15 is 0 Å². The van der Waals surface area contributed by atoms with Crippen LogP contribution in [-0.2, 0) is 6.42 Å². The quantitative estimate of drug-likeness (QED) is 0.559. The summed E-state index contributed by atoms with van der Waals surface area (Å²) >= 11 is 0. The fraction of sp³-hybridized carbons (Fsp3) is 0.100. The van der Waals surface area contributed by atoms with Crippen LogP contribution in [0.25, 0.3) is 0 Å². The Hall–Kier alpha value is -2.35. The van der Waals surface area contributed by atoms with E-state index in [-0.39, 0.29) is 0 Å². The largest absolute Gasteiger partial charge is 0.350 e. The van der Waals surface area contributed by atoms with Crippen LogP contribution < -0.4 is 11.2 Å². The van der Waals surface area contributed by atoms with Crippen molar-refractivity contribution in [2.24, 2.45) is 10.8 Å². The maximum Gasteiger partial charge on any atom is 0.332 e. The topological polar surface area (TPSA) is 91.3 Å². The Balaban J connectivity index is 2.61. The molecule has 0 fully saturated rings. The number of hydrazone groups is 1. The highest BCUT2D eigenvalue weighted by atomic mass is 16.2. The van der Waals surface area contributed by atoms with Crippen LogP contribution in [0.3, 0.4) is 0 Å². The molecule has 0 bridgehead atoms. The molecular weight excluding hydrogens is 192 g/mol. The molecule has 1 aromatic carbocycles. The van der Waals surface area contributed by atoms with Crippen molar-refractivity contribution in [3.8, 4) is 6.07 Å². The Bertz CT molecular complexity index is 402. The summed E-state index contributed by atoms with van der Waals surface area (Å²) in [6, 6.07) is 8.62. The van der Waals surface area contributed by atoms with E-state index in [0.717, 1.165) is 11.1 Å². The summed E-state index contributed by atoms with van der Waals surface area (Å²) in [4.78, 5) is 10.3. The van der Waals surface area contributed by atoms with Gasteiger partial charge >= 0.3 is 6.03 Å². The molecule has 0 atom stereocenters. The van der Waals surface area contributed by atoms with Gasteiger partial charge in [-0.05, 0) is 11.1 Å². The molecule has 0 radical (unpaired) electrons. The Kier molecular flexibility index (Phi) is 3.86. The lowest BCUT2D eigenvalue weighted by Gasteiger charge is -1.95. The van der Waals surface area contributed by atoms with E-state index in [1.807, 2.05) is 12.1 Å². The van der Waals surface area contributed by atoms with Crippen LogP contribution >= 0.6 is 0 Å². The lowest BCUT2D eigenvalue weighted by Crippen LogP contribution is -2.24. The van der Waals surface area contributed by atoms with E-state index in [2.05, 4.69) is 16.6 Å². The van der Waals surface area contributed by atoms with Gasteiger partial charge in [0.25, 0.3) is 0 Å². The molecule has 0 unspecified atom stereocenters. The van der Waals surface area contributed by atoms with Crippen molar-refractivity contribution < 1.29 is 4.79 Å². The average molecular weight is 202 g/mol. The Morgan fingerprint density at radius 2 is 2.20 bits per heavy atom. The molecule has 0 aliphatic carbocycles. The van der Waals surface area contributed by atoms with Gasteiger partial charge in [-0.15, -0.1) is 0 Å². The van der Waals surface area contributed by atoms with Crippen LogP contribution in [0.4, 0.5) is 4.79 Å². The first-order valence-corrected chi connectivity index (χ1v) is 4.27. The van der Waals surface area contributed by atoms with Gasteiger partial charge in [0.2, 0.25) is 0 Å². The monoisotopic (exact) mass is 202 g/mol. The minimum Gasteiger partial charge on any atom is -0.350 e. The number of primary amides is 1. The molecule has 0 saturated carbocycles. The highest BCUT2D eigenvalue weighted by Crippen LogP contribution is 2.02. The fourth-order valence-corrected chi connectivity index (χ4v) is 0.983. The van der Waals surface area contributed by atoms with E-state index in [4.69, 9.17) is 11.0 Å². The van der Waals surface area contributed by atoms with Gasteiger partial charge in [0.1, 0.15) is 0 Å². The summed E-state index contributed by atoms with van der Waals surface area (Å²) in [6.45, 7) is 0. The molecule has 1 aromatic rings. The van der Waals surface area contributed by atoms with E-state index in [1.54, 1.807) is 12.1 Å². The third kappa shape index (κ3) is 3.91. The third-order valence-corrected chi connectivity index (χ3v) is 1.65. The number of urea groups is 1. The normalized spacial score (nSPS) is 9.80. The molecule has 5 nitrogen and oxygen atoms in total. The lowest BCUT2D eigenvalue weighted by molar-refractivity contribution is 0.249. The van der Waals surface area contributed by atoms with Crippen molar-refractivity contribution >= 4 is 12.2 Å². The number of carbonyl (C=O) groups excluding carboxylic acids is 1. The van der Waals surface area contributed by atoms with E-state index < -0.39 is 6.03 Å². The van der Waals surface area contributed by atoms with Gasteiger partial charge in [-0.2, -0.15) is 10.4 Å². The first-order valence-electron chi connectivity index (χ1n) is 4.27. The zero-order valence-corrected chi connectivity index (χ0v) is 7.97. The number of nitrogens with zero attached hydrogens (tertiary/aromatic N) is 2. The molecule has 15 heavy (non-hydrogen) atoms. The maximum absolute atomic E-state index is 10.3. The molecular formula is C10H10N4O. The lowest BCUT2D eigenvalue weighted by atomic mass is 10.1. The zero-order chi connectivity index (χ0) is 11.1. The zero-order valence-electron chi connectivity index (χ0n) is 7.97. The highest BCUT2D eigenvalue weighted by Gasteiger charge is 1.91. The number of amides is 2. The molecule has 5 heteroatoms. The van der Waals surface area contributed by atoms with Gasteiger partial charge in [0.05, 0.1) is 18.7 Å². The van der Waals surface area contributed by atoms with Crippen molar-refractivity contribution in [3.05, 3.63) is 35.4 Å². The number of carbonyl (C=O) groups is 1. The number of nitriles is 1. The van der Waals surface area contributed by atoms with Crippen molar-refractivity contribution in [3.63, 3.8) is 0 Å². The van der Waals surface area contributed by atoms with Crippen LogP contribution in [-0.4, -0.2) is 12.2 Å². The van der Waals surface area contributed by atoms with Crippen molar-refractivity contribution in [1.82, 2.24) is 5.43 Å². The van der Waals surface area contributed by atoms with Gasteiger partial charge in [0.15, 0.2) is 0 Å². The van der Waals surface area contributed by atoms with Crippen molar-refractivity contribution in [2.75, 3.05) is 0 Å². The SMILES string of the molecule is N#CCc1ccc(C=NNC(N)=O)cc1. The summed E-state index contributed by atoms with van der Waals surface area (Å²) in [6.07, 6.45) is 1.86. The molecule has 0 spiro atoms. The van der Waals surface area contributed by atoms with E-state index in [0.29, 0.717) is 6.42 Å². The first kappa shape index (κ1) is 10.7. The minimum absolute atomic E-state index is 0.386. The second-order valence-corrected chi connectivity index (χ2v) is 2.81. The van der Waals surface area contributed by atoms with Crippen LogP contribution in [0.2, 0.25) is 0 Å². The number of nitrogens with one attached hydrogen (secondary N) is 1. The third-order valence-electron chi connectivity index (χ3n) is 1.65. The predicted octanol–water partition coefficient (Wildman–Crippen LogP) is 0.755. The molecule has 0 heterocycles. The molecule has 3 N–H and O–H groups in total. The van der Waals surface area contributed by atoms with Gasteiger partial charge in [-0.1, -0.05) is 24.3 Å². The van der Waals surface area contributed by atoms with E-state index in [9.17, 15) is 4.79 Å². The smallest absolute Gasteiger partial charge is 0.332 e. The second kappa shape index (κ2) is 5.40. The summed E-state index contributed by atoms with van der Waals surface area (Å²) in [5.74, 6) is 0. The molecule has 0 aliphatic heterocycles. The number of rotatable bonds is 3. The van der Waals surface area contributed by atoms with Gasteiger partial charge in [0, 0.05) is 0 Å². The standard InChI is InChI=1S/C10H10N4O/c11-6-5-8-1-3-9(4-2-8)7-13-14-10(12)15/h1-4,7H,5H2,(H3,12,14,15). The van der Waals surface area contributed by atoms with Crippen molar-refractivity contribution in [1.29, 1.82) is 5.26 Å². The molecule has 0 aromatic heterocycles. The first-order chi connectivity index (χ1) is 7.22. The second-order valence-electron chi connectivity index (χ2n) is 2.81. The molecule has 76 valence electrons. The Labute approximate surface area is 87.2 Å². The predicted molar refractivity (Wildman–Crippen MR) is 56.1 cm³/mol. The Morgan fingerprint density at radius 3 is 2.73 bits per heavy atom. The molecule has 1 rings (SSSR count). The maximum atomic E-state index is 10.3. The number of benzene rings is 1. The number of hydrogen-bond acceptors (Lipinski definition) is 3. The van der Waals surface area contributed by atoms with Crippen LogP contribution in [0.1, 0.15) is 11.1 Å². The van der Waals surface area contributed by atoms with Gasteiger partial charge in [-0.3, -0.25) is 0 Å². The fourth-order valence-electron chi connectivity index (χ4n) is 0.983. The van der Waals surface area contributed by atoms with Gasteiger partial charge < -0.3 is 5.73 Å². The summed E-state index contributed by atoms with van der Waals surface area (Å²) in [5.41, 5.74) is 8.68. The van der Waals surface area contributed by atoms with Crippen LogP contribution in [0.15, 0.2) is 29.4 Å². The average Bonchev–Trinajstić information content (AvgIpc) is 2.20. The highest BCUT2D eigenvalue weighted by molar-refractivity contribution is 5.81. The summed E-state index contributed by atoms with van der Waals surface area (Å²) < 4.78 is 0. The Morgan fingerprint density at radius 1 is 1.53 bits per heavy atom. The van der Waals surface area contributed by atoms with E-state index in [1.165, 1.54) is 6.21 Å². The number of hydrogen-bond donors (Lipinski definition) is 2. The summed E-state index contributed by atoms with van der Waals surface area (Å²) in [7, 11) is 0. The van der Waals surface area contributed by atoms with Crippen LogP contribution in [0.5, 0.6) is 0 Å². The molecule has 0 aliphatic rings. The molecule has 2 amide bonds. The van der Waals surface area contributed by atoms with Crippen molar-refractivity contribution in [2.45, 2.75) is 6.42 Å².